The van der Waals surface area contributed by atoms with Gasteiger partial charge in [-0.1, -0.05) is 0 Å². The number of piperidine rings is 1. The third kappa shape index (κ3) is 3.22. The summed E-state index contributed by atoms with van der Waals surface area (Å²) < 4.78 is 24.3. The van der Waals surface area contributed by atoms with Gasteiger partial charge in [-0.3, -0.25) is 0 Å². The van der Waals surface area contributed by atoms with E-state index < -0.39 is 5.82 Å². The summed E-state index contributed by atoms with van der Waals surface area (Å²) in [7, 11) is 0. The number of halogens is 1. The molecule has 2 aliphatic heterocycles. The van der Waals surface area contributed by atoms with Crippen molar-refractivity contribution in [3.63, 3.8) is 0 Å². The molecule has 0 aromatic carbocycles. The van der Waals surface area contributed by atoms with Crippen LogP contribution < -0.4 is 4.90 Å². The average molecular weight is 309 g/mol. The Labute approximate surface area is 130 Å². The third-order valence-corrected chi connectivity index (χ3v) is 5.10. The summed E-state index contributed by atoms with van der Waals surface area (Å²) in [5.74, 6) is 0.709. The molecule has 0 unspecified atom stereocenters. The van der Waals surface area contributed by atoms with Crippen molar-refractivity contribution in [2.45, 2.75) is 26.2 Å². The number of hydrogen-bond acceptors (Lipinski definition) is 5. The molecular weight excluding hydrogens is 285 g/mol. The molecule has 0 saturated carbocycles. The zero-order chi connectivity index (χ0) is 15.4. The van der Waals surface area contributed by atoms with Crippen molar-refractivity contribution < 1.29 is 13.9 Å². The SMILES string of the molecule is CCOC[C@@H]1COCCC12CCN(c1ncc(F)cn1)CC2. The second-order valence-corrected chi connectivity index (χ2v) is 6.23. The van der Waals surface area contributed by atoms with Gasteiger partial charge in [0.1, 0.15) is 0 Å². The number of anilines is 1. The van der Waals surface area contributed by atoms with Crippen LogP contribution >= 0.6 is 0 Å². The van der Waals surface area contributed by atoms with Crippen LogP contribution in [0.1, 0.15) is 26.2 Å². The largest absolute Gasteiger partial charge is 0.381 e. The van der Waals surface area contributed by atoms with Gasteiger partial charge in [0, 0.05) is 32.2 Å². The van der Waals surface area contributed by atoms with Crippen LogP contribution in [0.2, 0.25) is 0 Å². The molecule has 122 valence electrons. The fourth-order valence-electron chi connectivity index (χ4n) is 3.65. The maximum atomic E-state index is 12.9. The predicted octanol–water partition coefficient (Wildman–Crippen LogP) is 2.28. The van der Waals surface area contributed by atoms with Gasteiger partial charge in [-0.05, 0) is 31.6 Å². The van der Waals surface area contributed by atoms with Crippen molar-refractivity contribution in [1.29, 1.82) is 0 Å². The van der Waals surface area contributed by atoms with E-state index in [4.69, 9.17) is 9.47 Å². The van der Waals surface area contributed by atoms with Gasteiger partial charge in [0.15, 0.2) is 5.82 Å². The highest BCUT2D eigenvalue weighted by molar-refractivity contribution is 5.29. The summed E-state index contributed by atoms with van der Waals surface area (Å²) in [6, 6.07) is 0. The van der Waals surface area contributed by atoms with Gasteiger partial charge in [-0.2, -0.15) is 0 Å². The molecule has 0 N–H and O–H groups in total. The van der Waals surface area contributed by atoms with Crippen LogP contribution in [0.25, 0.3) is 0 Å². The lowest BCUT2D eigenvalue weighted by atomic mass is 9.66. The van der Waals surface area contributed by atoms with E-state index in [0.717, 1.165) is 58.8 Å². The first-order valence-corrected chi connectivity index (χ1v) is 8.11. The molecule has 2 saturated heterocycles. The van der Waals surface area contributed by atoms with E-state index in [9.17, 15) is 4.39 Å². The highest BCUT2D eigenvalue weighted by atomic mass is 19.1. The van der Waals surface area contributed by atoms with Crippen LogP contribution in [0.5, 0.6) is 0 Å². The Morgan fingerprint density at radius 2 is 2.05 bits per heavy atom. The summed E-state index contributed by atoms with van der Waals surface area (Å²) in [5.41, 5.74) is 0.309. The van der Waals surface area contributed by atoms with Gasteiger partial charge >= 0.3 is 0 Å². The average Bonchev–Trinajstić information content (AvgIpc) is 2.56. The molecule has 0 amide bonds. The van der Waals surface area contributed by atoms with E-state index in [0.29, 0.717) is 17.3 Å². The fourth-order valence-corrected chi connectivity index (χ4v) is 3.65. The summed E-state index contributed by atoms with van der Waals surface area (Å²) in [6.07, 6.45) is 5.75. The number of nitrogens with zero attached hydrogens (tertiary/aromatic N) is 3. The van der Waals surface area contributed by atoms with Gasteiger partial charge in [0.05, 0.1) is 25.6 Å². The molecule has 1 aromatic heterocycles. The maximum absolute atomic E-state index is 12.9. The van der Waals surface area contributed by atoms with Gasteiger partial charge < -0.3 is 14.4 Å². The predicted molar refractivity (Wildman–Crippen MR) is 81.3 cm³/mol. The van der Waals surface area contributed by atoms with Gasteiger partial charge in [0.2, 0.25) is 5.95 Å². The molecule has 2 fully saturated rings. The van der Waals surface area contributed by atoms with Crippen molar-refractivity contribution in [1.82, 2.24) is 9.97 Å². The molecule has 22 heavy (non-hydrogen) atoms. The number of rotatable bonds is 4. The van der Waals surface area contributed by atoms with Gasteiger partial charge in [0.25, 0.3) is 0 Å². The van der Waals surface area contributed by atoms with E-state index in [1.807, 2.05) is 6.92 Å². The Kier molecular flexibility index (Phi) is 4.88. The topological polar surface area (TPSA) is 47.5 Å². The van der Waals surface area contributed by atoms with Crippen molar-refractivity contribution in [3.8, 4) is 0 Å². The quantitative estimate of drug-likeness (QED) is 0.854. The molecule has 0 aliphatic carbocycles. The Balaban J connectivity index is 1.64. The maximum Gasteiger partial charge on any atom is 0.225 e. The van der Waals surface area contributed by atoms with Crippen LogP contribution in [0.15, 0.2) is 12.4 Å². The Bertz CT molecular complexity index is 475. The number of ether oxygens (including phenoxy) is 2. The van der Waals surface area contributed by atoms with Crippen LogP contribution in [0.4, 0.5) is 10.3 Å². The van der Waals surface area contributed by atoms with Crippen molar-refractivity contribution in [2.24, 2.45) is 11.3 Å². The van der Waals surface area contributed by atoms with Gasteiger partial charge in [-0.25, -0.2) is 14.4 Å². The number of aromatic nitrogens is 2. The van der Waals surface area contributed by atoms with Crippen LogP contribution in [-0.4, -0.2) is 49.5 Å². The van der Waals surface area contributed by atoms with Gasteiger partial charge in [-0.15, -0.1) is 0 Å². The van der Waals surface area contributed by atoms with Crippen LogP contribution in [0, 0.1) is 17.2 Å². The first-order valence-electron chi connectivity index (χ1n) is 8.11. The summed E-state index contributed by atoms with van der Waals surface area (Å²) in [5, 5.41) is 0. The minimum Gasteiger partial charge on any atom is -0.381 e. The van der Waals surface area contributed by atoms with Crippen LogP contribution in [-0.2, 0) is 9.47 Å². The standard InChI is InChI=1S/C16H24FN3O2/c1-2-21-11-13-12-22-8-5-16(13)3-6-20(7-4-16)15-18-9-14(17)10-19-15/h9-10,13H,2-8,11-12H2,1H3/t13-/m1/s1. The molecule has 6 heteroatoms. The molecule has 1 spiro atoms. The lowest BCUT2D eigenvalue weighted by molar-refractivity contribution is -0.0849. The van der Waals surface area contributed by atoms with E-state index in [1.54, 1.807) is 0 Å². The molecule has 3 heterocycles. The Hall–Kier alpha value is -1.27. The lowest BCUT2D eigenvalue weighted by Gasteiger charge is -2.49. The van der Waals surface area contributed by atoms with Crippen molar-refractivity contribution >= 4 is 5.95 Å². The Morgan fingerprint density at radius 3 is 2.73 bits per heavy atom. The molecule has 1 atom stereocenters. The zero-order valence-corrected chi connectivity index (χ0v) is 13.1. The minimum atomic E-state index is -0.390. The first-order chi connectivity index (χ1) is 10.7. The third-order valence-electron chi connectivity index (χ3n) is 5.10. The summed E-state index contributed by atoms with van der Waals surface area (Å²) >= 11 is 0. The number of hydrogen-bond donors (Lipinski definition) is 0. The molecule has 2 aliphatic rings. The van der Waals surface area contributed by atoms with Crippen LogP contribution in [0.3, 0.4) is 0 Å². The molecular formula is C16H24FN3O2. The molecule has 5 nitrogen and oxygen atoms in total. The molecule has 1 aromatic rings. The molecule has 3 rings (SSSR count). The lowest BCUT2D eigenvalue weighted by Crippen LogP contribution is -2.49. The zero-order valence-electron chi connectivity index (χ0n) is 13.1. The highest BCUT2D eigenvalue weighted by Gasteiger charge is 2.43. The molecule has 0 bridgehead atoms. The summed E-state index contributed by atoms with van der Waals surface area (Å²) in [4.78, 5) is 10.3. The van der Waals surface area contributed by atoms with E-state index >= 15 is 0 Å². The summed E-state index contributed by atoms with van der Waals surface area (Å²) in [6.45, 7) is 7.03. The molecule has 0 radical (unpaired) electrons. The second kappa shape index (κ2) is 6.87. The first kappa shape index (κ1) is 15.6. The smallest absolute Gasteiger partial charge is 0.225 e. The van der Waals surface area contributed by atoms with Crippen molar-refractivity contribution in [3.05, 3.63) is 18.2 Å². The second-order valence-electron chi connectivity index (χ2n) is 6.23. The minimum absolute atomic E-state index is 0.309. The van der Waals surface area contributed by atoms with E-state index in [1.165, 1.54) is 12.4 Å². The monoisotopic (exact) mass is 309 g/mol. The van der Waals surface area contributed by atoms with Crippen molar-refractivity contribution in [2.75, 3.05) is 44.4 Å². The highest BCUT2D eigenvalue weighted by Crippen LogP contribution is 2.45. The van der Waals surface area contributed by atoms with E-state index in [-0.39, 0.29) is 0 Å². The normalized spacial score (nSPS) is 24.6. The van der Waals surface area contributed by atoms with E-state index in [2.05, 4.69) is 14.9 Å². The Morgan fingerprint density at radius 1 is 1.32 bits per heavy atom. The fraction of sp³-hybridized carbons (Fsp3) is 0.750.